The highest BCUT2D eigenvalue weighted by Crippen LogP contribution is 2.29. The third-order valence-corrected chi connectivity index (χ3v) is 4.23. The molecular formula is C21H18N2. The summed E-state index contributed by atoms with van der Waals surface area (Å²) >= 11 is 0. The van der Waals surface area contributed by atoms with Gasteiger partial charge in [0.15, 0.2) is 0 Å². The van der Waals surface area contributed by atoms with E-state index >= 15 is 0 Å². The van der Waals surface area contributed by atoms with Crippen molar-refractivity contribution in [2.75, 3.05) is 0 Å². The molecule has 0 bridgehead atoms. The fourth-order valence-corrected chi connectivity index (χ4v) is 3.13. The van der Waals surface area contributed by atoms with Crippen LogP contribution in [0.4, 0.5) is 0 Å². The molecule has 0 saturated carbocycles. The van der Waals surface area contributed by atoms with E-state index in [9.17, 15) is 0 Å². The molecule has 0 fully saturated rings. The Balaban J connectivity index is 1.83. The average molecular weight is 298 g/mol. The van der Waals surface area contributed by atoms with Crippen LogP contribution in [0.2, 0.25) is 0 Å². The molecule has 2 aromatic heterocycles. The molecular weight excluding hydrogens is 280 g/mol. The van der Waals surface area contributed by atoms with Crippen molar-refractivity contribution < 1.29 is 0 Å². The Bertz CT molecular complexity index is 892. The van der Waals surface area contributed by atoms with Crippen molar-refractivity contribution in [1.82, 2.24) is 9.97 Å². The molecule has 0 saturated heterocycles. The second kappa shape index (κ2) is 6.17. The number of pyridine rings is 2. The molecule has 1 aliphatic carbocycles. The van der Waals surface area contributed by atoms with E-state index in [0.29, 0.717) is 0 Å². The fourth-order valence-electron chi connectivity index (χ4n) is 3.13. The molecule has 2 heterocycles. The number of fused-ring (bicyclic) bond motifs is 1. The predicted molar refractivity (Wildman–Crippen MR) is 95.1 cm³/mol. The first-order valence-corrected chi connectivity index (χ1v) is 8.04. The quantitative estimate of drug-likeness (QED) is 0.683. The molecule has 1 aliphatic rings. The molecule has 112 valence electrons. The number of rotatable bonds is 3. The summed E-state index contributed by atoms with van der Waals surface area (Å²) in [6, 6.07) is 12.8. The number of nitrogens with zero attached hydrogens (tertiary/aromatic N) is 2. The van der Waals surface area contributed by atoms with Gasteiger partial charge in [0.1, 0.15) is 0 Å². The maximum absolute atomic E-state index is 4.62. The maximum atomic E-state index is 4.62. The highest BCUT2D eigenvalue weighted by atomic mass is 14.6. The summed E-state index contributed by atoms with van der Waals surface area (Å²) in [4.78, 5) is 8.72. The molecule has 0 unspecified atom stereocenters. The van der Waals surface area contributed by atoms with Gasteiger partial charge in [0, 0.05) is 29.5 Å². The zero-order valence-electron chi connectivity index (χ0n) is 12.9. The van der Waals surface area contributed by atoms with Crippen molar-refractivity contribution in [3.63, 3.8) is 0 Å². The number of allylic oxidation sites excluding steroid dienone is 4. The Morgan fingerprint density at radius 3 is 2.65 bits per heavy atom. The molecule has 3 aromatic rings. The van der Waals surface area contributed by atoms with Crippen LogP contribution < -0.4 is 0 Å². The third-order valence-electron chi connectivity index (χ3n) is 4.23. The largest absolute Gasteiger partial charge is 0.265 e. The molecule has 23 heavy (non-hydrogen) atoms. The van der Waals surface area contributed by atoms with Gasteiger partial charge >= 0.3 is 0 Å². The van der Waals surface area contributed by atoms with Crippen LogP contribution in [0, 0.1) is 0 Å². The van der Waals surface area contributed by atoms with E-state index in [4.69, 9.17) is 0 Å². The summed E-state index contributed by atoms with van der Waals surface area (Å²) < 4.78 is 0. The van der Waals surface area contributed by atoms with E-state index in [1.165, 1.54) is 27.6 Å². The molecule has 1 aromatic carbocycles. The molecule has 0 amide bonds. The van der Waals surface area contributed by atoms with Crippen molar-refractivity contribution in [2.45, 2.75) is 19.3 Å². The highest BCUT2D eigenvalue weighted by Gasteiger charge is 2.10. The van der Waals surface area contributed by atoms with Gasteiger partial charge in [0.2, 0.25) is 0 Å². The van der Waals surface area contributed by atoms with Gasteiger partial charge in [-0.05, 0) is 66.3 Å². The minimum absolute atomic E-state index is 0.914. The Hall–Kier alpha value is -2.74. The fraction of sp³-hybridized carbons (Fsp3) is 0.143. The van der Waals surface area contributed by atoms with Crippen LogP contribution in [0.3, 0.4) is 0 Å². The van der Waals surface area contributed by atoms with Gasteiger partial charge in [-0.2, -0.15) is 0 Å². The highest BCUT2D eigenvalue weighted by molar-refractivity contribution is 5.94. The minimum Gasteiger partial charge on any atom is -0.265 e. The Morgan fingerprint density at radius 2 is 1.83 bits per heavy atom. The average Bonchev–Trinajstić information content (AvgIpc) is 2.63. The van der Waals surface area contributed by atoms with E-state index in [1.807, 2.05) is 24.7 Å². The number of hydrogen-bond acceptors (Lipinski definition) is 2. The lowest BCUT2D eigenvalue weighted by atomic mass is 9.93. The van der Waals surface area contributed by atoms with E-state index in [1.54, 1.807) is 0 Å². The van der Waals surface area contributed by atoms with Gasteiger partial charge in [0.25, 0.3) is 0 Å². The maximum Gasteiger partial charge on any atom is 0.0780 e. The molecule has 0 radical (unpaired) electrons. The standard InChI is InChI=1S/C21H18N2/c1-2-5-18(6-3-1)20-15-17(13-16-8-11-22-12-9-16)14-19-7-4-10-23-21(19)20/h2,4-12,14-15H,1,3,13H2. The lowest BCUT2D eigenvalue weighted by Crippen LogP contribution is -1.95. The first-order valence-electron chi connectivity index (χ1n) is 8.04. The minimum atomic E-state index is 0.914. The van der Waals surface area contributed by atoms with Crippen LogP contribution in [0.5, 0.6) is 0 Å². The van der Waals surface area contributed by atoms with Crippen LogP contribution in [0.25, 0.3) is 16.5 Å². The van der Waals surface area contributed by atoms with E-state index < -0.39 is 0 Å². The summed E-state index contributed by atoms with van der Waals surface area (Å²) in [5.74, 6) is 0. The summed E-state index contributed by atoms with van der Waals surface area (Å²) in [6.07, 6.45) is 15.5. The molecule has 2 nitrogen and oxygen atoms in total. The van der Waals surface area contributed by atoms with E-state index in [0.717, 1.165) is 24.8 Å². The summed E-state index contributed by atoms with van der Waals surface area (Å²) in [5, 5.41) is 1.20. The number of aromatic nitrogens is 2. The number of benzene rings is 1. The van der Waals surface area contributed by atoms with Crippen molar-refractivity contribution in [1.29, 1.82) is 0 Å². The zero-order valence-corrected chi connectivity index (χ0v) is 12.9. The van der Waals surface area contributed by atoms with E-state index in [2.05, 4.69) is 58.5 Å². The van der Waals surface area contributed by atoms with Crippen LogP contribution in [-0.4, -0.2) is 9.97 Å². The van der Waals surface area contributed by atoms with Crippen LogP contribution in [-0.2, 0) is 6.42 Å². The Labute approximate surface area is 136 Å². The van der Waals surface area contributed by atoms with Gasteiger partial charge < -0.3 is 0 Å². The zero-order chi connectivity index (χ0) is 15.5. The second-order valence-electron chi connectivity index (χ2n) is 5.89. The monoisotopic (exact) mass is 298 g/mol. The number of hydrogen-bond donors (Lipinski definition) is 0. The summed E-state index contributed by atoms with van der Waals surface area (Å²) in [5.41, 5.74) is 6.21. The van der Waals surface area contributed by atoms with Gasteiger partial charge in [-0.3, -0.25) is 9.97 Å². The van der Waals surface area contributed by atoms with Crippen LogP contribution >= 0.6 is 0 Å². The lowest BCUT2D eigenvalue weighted by Gasteiger charge is -2.13. The molecule has 2 heteroatoms. The SMILES string of the molecule is C1=CC(c2cc(Cc3ccncc3)cc3cccnc23)=CCC1. The van der Waals surface area contributed by atoms with E-state index in [-0.39, 0.29) is 0 Å². The van der Waals surface area contributed by atoms with Gasteiger partial charge in [-0.25, -0.2) is 0 Å². The van der Waals surface area contributed by atoms with Gasteiger partial charge in [0.05, 0.1) is 5.52 Å². The predicted octanol–water partition coefficient (Wildman–Crippen LogP) is 4.95. The summed E-state index contributed by atoms with van der Waals surface area (Å²) in [6.45, 7) is 0. The summed E-state index contributed by atoms with van der Waals surface area (Å²) in [7, 11) is 0. The first-order chi connectivity index (χ1) is 11.4. The molecule has 0 N–H and O–H groups in total. The van der Waals surface area contributed by atoms with Crippen molar-refractivity contribution in [3.05, 3.63) is 89.9 Å². The smallest absolute Gasteiger partial charge is 0.0780 e. The normalized spacial score (nSPS) is 14.0. The molecule has 4 rings (SSSR count). The second-order valence-corrected chi connectivity index (χ2v) is 5.89. The van der Waals surface area contributed by atoms with Crippen LogP contribution in [0.15, 0.2) is 73.2 Å². The molecule has 0 spiro atoms. The lowest BCUT2D eigenvalue weighted by molar-refractivity contribution is 1.04. The molecule has 0 atom stereocenters. The van der Waals surface area contributed by atoms with Gasteiger partial charge in [-0.1, -0.05) is 24.3 Å². The third kappa shape index (κ3) is 2.93. The van der Waals surface area contributed by atoms with Crippen molar-refractivity contribution >= 4 is 16.5 Å². The Kier molecular flexibility index (Phi) is 3.73. The topological polar surface area (TPSA) is 25.8 Å². The van der Waals surface area contributed by atoms with Gasteiger partial charge in [-0.15, -0.1) is 0 Å². The first kappa shape index (κ1) is 13.9. The van der Waals surface area contributed by atoms with Crippen LogP contribution in [0.1, 0.15) is 29.5 Å². The molecule has 0 aliphatic heterocycles. The van der Waals surface area contributed by atoms with Crippen molar-refractivity contribution in [2.24, 2.45) is 0 Å². The van der Waals surface area contributed by atoms with Crippen molar-refractivity contribution in [3.8, 4) is 0 Å². The Morgan fingerprint density at radius 1 is 0.913 bits per heavy atom.